The molecular formula is C18H22NO+. The van der Waals surface area contributed by atoms with Crippen LogP contribution >= 0.6 is 0 Å². The van der Waals surface area contributed by atoms with E-state index in [2.05, 4.69) is 48.5 Å². The van der Waals surface area contributed by atoms with Crippen molar-refractivity contribution in [1.29, 1.82) is 0 Å². The Balaban J connectivity index is 1.64. The molecule has 1 aliphatic rings. The highest BCUT2D eigenvalue weighted by Gasteiger charge is 2.18. The predicted molar refractivity (Wildman–Crippen MR) is 81.0 cm³/mol. The molecule has 0 aliphatic carbocycles. The highest BCUT2D eigenvalue weighted by atomic mass is 16.5. The summed E-state index contributed by atoms with van der Waals surface area (Å²) in [5.41, 5.74) is 4.44. The quantitative estimate of drug-likeness (QED) is 0.898. The third-order valence-electron chi connectivity index (χ3n) is 4.00. The van der Waals surface area contributed by atoms with Gasteiger partial charge in [0.15, 0.2) is 0 Å². The lowest BCUT2D eigenvalue weighted by atomic mass is 9.99. The summed E-state index contributed by atoms with van der Waals surface area (Å²) in [6, 6.07) is 17.4. The largest absolute Gasteiger partial charge is 0.494 e. The van der Waals surface area contributed by atoms with Crippen LogP contribution < -0.4 is 9.64 Å². The Morgan fingerprint density at radius 1 is 1.00 bits per heavy atom. The van der Waals surface area contributed by atoms with Gasteiger partial charge in [-0.05, 0) is 36.8 Å². The van der Waals surface area contributed by atoms with Crippen LogP contribution in [0.4, 0.5) is 0 Å². The van der Waals surface area contributed by atoms with E-state index in [0.29, 0.717) is 0 Å². The summed E-state index contributed by atoms with van der Waals surface area (Å²) >= 11 is 0. The lowest BCUT2D eigenvalue weighted by molar-refractivity contribution is -0.929. The molecule has 0 bridgehead atoms. The lowest BCUT2D eigenvalue weighted by Crippen LogP contribution is -3.10. The van der Waals surface area contributed by atoms with E-state index >= 15 is 0 Å². The van der Waals surface area contributed by atoms with Crippen LogP contribution in [-0.4, -0.2) is 13.2 Å². The molecule has 20 heavy (non-hydrogen) atoms. The Labute approximate surface area is 121 Å². The average molecular weight is 268 g/mol. The second kappa shape index (κ2) is 6.10. The van der Waals surface area contributed by atoms with E-state index in [1.807, 2.05) is 6.92 Å². The molecule has 2 aromatic carbocycles. The number of ether oxygens (including phenoxy) is 1. The Hall–Kier alpha value is -1.80. The fraction of sp³-hybridized carbons (Fsp3) is 0.333. The normalized spacial score (nSPS) is 17.6. The van der Waals surface area contributed by atoms with Gasteiger partial charge in [0.1, 0.15) is 18.8 Å². The monoisotopic (exact) mass is 268 g/mol. The maximum Gasteiger partial charge on any atom is 0.119 e. The summed E-state index contributed by atoms with van der Waals surface area (Å²) in [6.45, 7) is 6.21. The molecule has 0 spiro atoms. The van der Waals surface area contributed by atoms with Crippen LogP contribution in [-0.2, 0) is 19.5 Å². The lowest BCUT2D eigenvalue weighted by Gasteiger charge is -2.26. The first-order chi connectivity index (χ1) is 9.85. The number of hydrogen-bond acceptors (Lipinski definition) is 1. The molecule has 1 atom stereocenters. The molecule has 2 heteroatoms. The van der Waals surface area contributed by atoms with E-state index in [1.165, 1.54) is 29.7 Å². The zero-order chi connectivity index (χ0) is 13.8. The van der Waals surface area contributed by atoms with E-state index in [9.17, 15) is 0 Å². The van der Waals surface area contributed by atoms with Crippen molar-refractivity contribution >= 4 is 0 Å². The van der Waals surface area contributed by atoms with Gasteiger partial charge < -0.3 is 9.64 Å². The van der Waals surface area contributed by atoms with Crippen LogP contribution in [0.5, 0.6) is 5.75 Å². The van der Waals surface area contributed by atoms with Gasteiger partial charge in [0.25, 0.3) is 0 Å². The van der Waals surface area contributed by atoms with E-state index in [0.717, 1.165) is 25.4 Å². The second-order valence-corrected chi connectivity index (χ2v) is 5.45. The first-order valence-corrected chi connectivity index (χ1v) is 7.47. The molecule has 1 aliphatic heterocycles. The molecule has 0 radical (unpaired) electrons. The van der Waals surface area contributed by atoms with Gasteiger partial charge in [0.2, 0.25) is 0 Å². The number of nitrogens with one attached hydrogen (secondary N) is 1. The van der Waals surface area contributed by atoms with Crippen molar-refractivity contribution in [1.82, 2.24) is 0 Å². The number of hydrogen-bond donors (Lipinski definition) is 1. The molecule has 0 fully saturated rings. The first kappa shape index (κ1) is 13.2. The summed E-state index contributed by atoms with van der Waals surface area (Å²) < 4.78 is 5.49. The van der Waals surface area contributed by atoms with Gasteiger partial charge in [0, 0.05) is 17.5 Å². The van der Waals surface area contributed by atoms with Crippen LogP contribution in [0.3, 0.4) is 0 Å². The summed E-state index contributed by atoms with van der Waals surface area (Å²) in [5.74, 6) is 0.968. The van der Waals surface area contributed by atoms with Crippen LogP contribution in [0, 0.1) is 0 Å². The molecule has 2 nitrogen and oxygen atoms in total. The van der Waals surface area contributed by atoms with Crippen LogP contribution in [0.2, 0.25) is 0 Å². The van der Waals surface area contributed by atoms with Gasteiger partial charge in [-0.15, -0.1) is 0 Å². The summed E-state index contributed by atoms with van der Waals surface area (Å²) in [5, 5.41) is 0. The van der Waals surface area contributed by atoms with E-state index < -0.39 is 0 Å². The highest BCUT2D eigenvalue weighted by Crippen LogP contribution is 2.13. The Morgan fingerprint density at radius 2 is 1.75 bits per heavy atom. The smallest absolute Gasteiger partial charge is 0.119 e. The topological polar surface area (TPSA) is 13.7 Å². The fourth-order valence-electron chi connectivity index (χ4n) is 2.95. The molecule has 1 unspecified atom stereocenters. The highest BCUT2D eigenvalue weighted by molar-refractivity contribution is 5.28. The van der Waals surface area contributed by atoms with Crippen molar-refractivity contribution in [2.45, 2.75) is 26.4 Å². The van der Waals surface area contributed by atoms with Gasteiger partial charge in [0.05, 0.1) is 13.2 Å². The van der Waals surface area contributed by atoms with Crippen LogP contribution in [0.15, 0.2) is 48.5 Å². The summed E-state index contributed by atoms with van der Waals surface area (Å²) in [6.07, 6.45) is 1.20. The molecule has 0 saturated heterocycles. The zero-order valence-corrected chi connectivity index (χ0v) is 12.1. The van der Waals surface area contributed by atoms with Crippen molar-refractivity contribution in [2.24, 2.45) is 0 Å². The molecule has 0 saturated carbocycles. The van der Waals surface area contributed by atoms with Gasteiger partial charge in [-0.2, -0.15) is 0 Å². The SMILES string of the molecule is CCOc1ccc(C[NH+]2CCc3ccccc3C2)cc1. The zero-order valence-electron chi connectivity index (χ0n) is 12.1. The number of benzene rings is 2. The molecule has 0 amide bonds. The maximum atomic E-state index is 5.49. The third kappa shape index (κ3) is 3.02. The Bertz CT molecular complexity index is 562. The molecule has 1 N–H and O–H groups in total. The minimum atomic E-state index is 0.730. The number of quaternary nitrogens is 1. The fourth-order valence-corrected chi connectivity index (χ4v) is 2.95. The van der Waals surface area contributed by atoms with Crippen molar-refractivity contribution in [3.05, 3.63) is 65.2 Å². The van der Waals surface area contributed by atoms with Gasteiger partial charge in [-0.25, -0.2) is 0 Å². The Morgan fingerprint density at radius 3 is 2.50 bits per heavy atom. The van der Waals surface area contributed by atoms with Gasteiger partial charge in [-0.1, -0.05) is 24.3 Å². The standard InChI is InChI=1S/C18H21NO/c1-2-20-18-9-7-15(8-10-18)13-19-12-11-16-5-3-4-6-17(16)14-19/h3-10H,2,11-14H2,1H3/p+1. The molecule has 0 aromatic heterocycles. The van der Waals surface area contributed by atoms with Crippen molar-refractivity contribution < 1.29 is 9.64 Å². The summed E-state index contributed by atoms with van der Waals surface area (Å²) in [7, 11) is 0. The van der Waals surface area contributed by atoms with Gasteiger partial charge in [-0.3, -0.25) is 0 Å². The average Bonchev–Trinajstić information content (AvgIpc) is 2.49. The number of rotatable bonds is 4. The van der Waals surface area contributed by atoms with Crippen molar-refractivity contribution in [3.63, 3.8) is 0 Å². The molecular weight excluding hydrogens is 246 g/mol. The van der Waals surface area contributed by atoms with Crippen molar-refractivity contribution in [2.75, 3.05) is 13.2 Å². The van der Waals surface area contributed by atoms with E-state index in [-0.39, 0.29) is 0 Å². The molecule has 2 aromatic rings. The van der Waals surface area contributed by atoms with Crippen molar-refractivity contribution in [3.8, 4) is 5.75 Å². The second-order valence-electron chi connectivity index (χ2n) is 5.45. The predicted octanol–water partition coefficient (Wildman–Crippen LogP) is 2.23. The molecule has 1 heterocycles. The molecule has 3 rings (SSSR count). The van der Waals surface area contributed by atoms with Crippen LogP contribution in [0.1, 0.15) is 23.6 Å². The van der Waals surface area contributed by atoms with Crippen LogP contribution in [0.25, 0.3) is 0 Å². The minimum absolute atomic E-state index is 0.730. The first-order valence-electron chi connectivity index (χ1n) is 7.47. The third-order valence-corrected chi connectivity index (χ3v) is 4.00. The molecule has 104 valence electrons. The van der Waals surface area contributed by atoms with Gasteiger partial charge >= 0.3 is 0 Å². The maximum absolute atomic E-state index is 5.49. The number of fused-ring (bicyclic) bond motifs is 1. The van der Waals surface area contributed by atoms with E-state index in [1.54, 1.807) is 4.90 Å². The van der Waals surface area contributed by atoms with E-state index in [4.69, 9.17) is 4.74 Å². The summed E-state index contributed by atoms with van der Waals surface area (Å²) in [4.78, 5) is 1.65. The minimum Gasteiger partial charge on any atom is -0.494 e. The Kier molecular flexibility index (Phi) is 4.03.